The van der Waals surface area contributed by atoms with Gasteiger partial charge >= 0.3 is 0 Å². The van der Waals surface area contributed by atoms with Gasteiger partial charge in [0.25, 0.3) is 5.56 Å². The van der Waals surface area contributed by atoms with Gasteiger partial charge < -0.3 is 10.1 Å². The van der Waals surface area contributed by atoms with Crippen LogP contribution in [0.25, 0.3) is 17.1 Å². The molecule has 1 aromatic rings. The molecule has 0 aromatic heterocycles. The Kier molecular flexibility index (Phi) is 2.81. The average Bonchev–Trinajstić information content (AvgIpc) is 2.68. The molecule has 2 aliphatic rings. The predicted molar refractivity (Wildman–Crippen MR) is 79.9 cm³/mol. The van der Waals surface area contributed by atoms with Gasteiger partial charge in [0.1, 0.15) is 15.1 Å². The third kappa shape index (κ3) is 2.01. The lowest BCUT2D eigenvalue weighted by molar-refractivity contribution is 0.475. The van der Waals surface area contributed by atoms with Crippen molar-refractivity contribution in [3.05, 3.63) is 50.2 Å². The fourth-order valence-corrected chi connectivity index (χ4v) is 2.60. The van der Waals surface area contributed by atoms with Crippen LogP contribution in [0.3, 0.4) is 0 Å². The van der Waals surface area contributed by atoms with Gasteiger partial charge in [-0.1, -0.05) is 0 Å². The topological polar surface area (TPSA) is 70.9 Å². The fraction of sp³-hybridized carbons (Fsp3) is 0.0769. The number of hydrogen-bond donors (Lipinski definition) is 2. The minimum absolute atomic E-state index is 0.109. The minimum Gasteiger partial charge on any atom is -0.508 e. The summed E-state index contributed by atoms with van der Waals surface area (Å²) in [6.45, 7) is 1.70. The highest BCUT2D eigenvalue weighted by atomic mass is 127. The van der Waals surface area contributed by atoms with Gasteiger partial charge in [0.2, 0.25) is 0 Å². The summed E-state index contributed by atoms with van der Waals surface area (Å²) in [7, 11) is 0. The molecule has 0 unspecified atom stereocenters. The zero-order chi connectivity index (χ0) is 13.6. The molecular formula is C13H10IN3O2. The second-order valence-corrected chi connectivity index (χ2v) is 5.30. The van der Waals surface area contributed by atoms with Crippen LogP contribution in [0.1, 0.15) is 5.69 Å². The molecule has 0 saturated heterocycles. The van der Waals surface area contributed by atoms with Crippen molar-refractivity contribution in [2.75, 3.05) is 0 Å². The molecule has 96 valence electrons. The van der Waals surface area contributed by atoms with Crippen molar-refractivity contribution < 1.29 is 5.11 Å². The maximum Gasteiger partial charge on any atom is 0.277 e. The Balaban J connectivity index is 2.26. The molecule has 6 heteroatoms. The van der Waals surface area contributed by atoms with Crippen molar-refractivity contribution in [2.45, 2.75) is 6.92 Å². The predicted octanol–water partition coefficient (Wildman–Crippen LogP) is 2.28. The third-order valence-corrected chi connectivity index (χ3v) is 3.66. The molecule has 2 heterocycles. The van der Waals surface area contributed by atoms with Crippen molar-refractivity contribution in [2.24, 2.45) is 0 Å². The summed E-state index contributed by atoms with van der Waals surface area (Å²) in [5, 5.41) is 9.30. The number of hydrogen-bond acceptors (Lipinski definition) is 3. The molecular weight excluding hydrogens is 357 g/mol. The van der Waals surface area contributed by atoms with Gasteiger partial charge in [-0.2, -0.15) is 0 Å². The van der Waals surface area contributed by atoms with E-state index in [1.165, 1.54) is 4.57 Å². The van der Waals surface area contributed by atoms with Crippen molar-refractivity contribution in [1.82, 2.24) is 14.5 Å². The molecule has 2 aliphatic heterocycles. The zero-order valence-corrected chi connectivity index (χ0v) is 12.2. The SMILES string of the molecule is Cc1nc2c(I)[nH]c(-c3ccc(O)cc3)cn-2c1=O. The fourth-order valence-electron chi connectivity index (χ4n) is 1.93. The highest BCUT2D eigenvalue weighted by Crippen LogP contribution is 2.23. The number of H-pyrrole nitrogens is 1. The number of nitrogens with one attached hydrogen (secondary N) is 1. The number of halogens is 1. The Hall–Kier alpha value is -1.83. The van der Waals surface area contributed by atoms with Crippen LogP contribution in [0.4, 0.5) is 0 Å². The number of phenolic OH excluding ortho intramolecular Hbond substituents is 1. The first-order chi connectivity index (χ1) is 9.06. The molecule has 0 atom stereocenters. The molecule has 3 rings (SSSR count). The molecule has 1 aromatic carbocycles. The number of rotatable bonds is 1. The lowest BCUT2D eigenvalue weighted by Crippen LogP contribution is -2.15. The average molecular weight is 367 g/mol. The number of phenols is 1. The number of imidazole rings is 1. The smallest absolute Gasteiger partial charge is 0.277 e. The largest absolute Gasteiger partial charge is 0.508 e. The summed E-state index contributed by atoms with van der Waals surface area (Å²) >= 11 is 2.12. The first-order valence-corrected chi connectivity index (χ1v) is 6.71. The second-order valence-electron chi connectivity index (χ2n) is 4.22. The molecule has 0 fully saturated rings. The molecule has 2 N–H and O–H groups in total. The van der Waals surface area contributed by atoms with E-state index in [2.05, 4.69) is 32.6 Å². The molecule has 5 nitrogen and oxygen atoms in total. The Morgan fingerprint density at radius 2 is 2.00 bits per heavy atom. The summed E-state index contributed by atoms with van der Waals surface area (Å²) in [4.78, 5) is 19.4. The van der Waals surface area contributed by atoms with E-state index in [-0.39, 0.29) is 11.3 Å². The quantitative estimate of drug-likeness (QED) is 0.649. The van der Waals surface area contributed by atoms with Gasteiger partial charge in [-0.3, -0.25) is 9.36 Å². The molecule has 19 heavy (non-hydrogen) atoms. The summed E-state index contributed by atoms with van der Waals surface area (Å²) in [5.41, 5.74) is 2.06. The van der Waals surface area contributed by atoms with Crippen LogP contribution in [-0.2, 0) is 0 Å². The maximum atomic E-state index is 12.0. The maximum absolute atomic E-state index is 12.0. The number of nitrogens with zero attached hydrogens (tertiary/aromatic N) is 2. The molecule has 0 radical (unpaired) electrons. The second kappa shape index (κ2) is 4.37. The lowest BCUT2D eigenvalue weighted by atomic mass is 10.1. The molecule has 0 bridgehead atoms. The number of aromatic amines is 1. The van der Waals surface area contributed by atoms with Crippen LogP contribution in [0.15, 0.2) is 35.3 Å². The summed E-state index contributed by atoms with van der Waals surface area (Å²) in [6, 6.07) is 6.80. The summed E-state index contributed by atoms with van der Waals surface area (Å²) in [6.07, 6.45) is 1.73. The Bertz CT molecular complexity index is 774. The Labute approximate surface area is 122 Å². The van der Waals surface area contributed by atoms with Crippen LogP contribution in [-0.4, -0.2) is 19.6 Å². The number of fused-ring (bicyclic) bond motifs is 1. The third-order valence-electron chi connectivity index (χ3n) is 2.91. The van der Waals surface area contributed by atoms with Gasteiger partial charge in [0, 0.05) is 6.20 Å². The highest BCUT2D eigenvalue weighted by Gasteiger charge is 2.16. The van der Waals surface area contributed by atoms with Crippen LogP contribution in [0, 0.1) is 10.6 Å². The van der Waals surface area contributed by atoms with Crippen molar-refractivity contribution in [1.29, 1.82) is 0 Å². The van der Waals surface area contributed by atoms with E-state index < -0.39 is 0 Å². The Morgan fingerprint density at radius 3 is 2.68 bits per heavy atom. The van der Waals surface area contributed by atoms with E-state index in [9.17, 15) is 9.90 Å². The Morgan fingerprint density at radius 1 is 1.32 bits per heavy atom. The highest BCUT2D eigenvalue weighted by molar-refractivity contribution is 14.1. The monoisotopic (exact) mass is 367 g/mol. The number of aryl methyl sites for hydroxylation is 1. The molecule has 0 spiro atoms. The molecule has 0 saturated carbocycles. The van der Waals surface area contributed by atoms with Gasteiger partial charge in [-0.25, -0.2) is 4.98 Å². The number of aromatic hydroxyl groups is 1. The van der Waals surface area contributed by atoms with Crippen LogP contribution in [0.5, 0.6) is 5.75 Å². The van der Waals surface area contributed by atoms with Gasteiger partial charge in [0.05, 0.1) is 5.69 Å². The zero-order valence-electron chi connectivity index (χ0n) is 10.0. The normalized spacial score (nSPS) is 11.1. The van der Waals surface area contributed by atoms with Crippen molar-refractivity contribution in [3.63, 3.8) is 0 Å². The number of aromatic nitrogens is 3. The van der Waals surface area contributed by atoms with E-state index >= 15 is 0 Å². The van der Waals surface area contributed by atoms with Gasteiger partial charge in [-0.15, -0.1) is 0 Å². The van der Waals surface area contributed by atoms with E-state index in [1.807, 2.05) is 0 Å². The van der Waals surface area contributed by atoms with E-state index in [0.717, 1.165) is 15.0 Å². The van der Waals surface area contributed by atoms with Crippen LogP contribution in [0.2, 0.25) is 0 Å². The minimum atomic E-state index is -0.109. The van der Waals surface area contributed by atoms with E-state index in [0.29, 0.717) is 11.5 Å². The first-order valence-electron chi connectivity index (χ1n) is 5.63. The van der Waals surface area contributed by atoms with E-state index in [1.54, 1.807) is 37.4 Å². The van der Waals surface area contributed by atoms with Crippen LogP contribution >= 0.6 is 22.6 Å². The standard InChI is InChI=1S/C13H10IN3O2/c1-7-13(19)17-6-10(16-11(14)12(17)15-7)8-2-4-9(18)5-3-8/h2-6,16,18H,1H3. The first kappa shape index (κ1) is 12.2. The van der Waals surface area contributed by atoms with Gasteiger partial charge in [0.15, 0.2) is 5.82 Å². The van der Waals surface area contributed by atoms with E-state index in [4.69, 9.17) is 0 Å². The molecule has 0 amide bonds. The van der Waals surface area contributed by atoms with Crippen molar-refractivity contribution in [3.8, 4) is 22.8 Å². The number of benzene rings is 1. The lowest BCUT2D eigenvalue weighted by Gasteiger charge is -2.09. The summed E-state index contributed by atoms with van der Waals surface area (Å²) in [5.74, 6) is 0.841. The van der Waals surface area contributed by atoms with Crippen molar-refractivity contribution >= 4 is 22.6 Å². The van der Waals surface area contributed by atoms with Gasteiger partial charge in [-0.05, 0) is 59.3 Å². The molecule has 0 aliphatic carbocycles. The summed E-state index contributed by atoms with van der Waals surface area (Å²) < 4.78 is 2.34. The van der Waals surface area contributed by atoms with Crippen LogP contribution < -0.4 is 5.56 Å².